The molecule has 8 heteroatoms. The minimum absolute atomic E-state index is 0. The Labute approximate surface area is 162 Å². The number of guanidine groups is 1. The second-order valence-electron chi connectivity index (χ2n) is 6.11. The van der Waals surface area contributed by atoms with Gasteiger partial charge >= 0.3 is 0 Å². The molecule has 2 aliphatic heterocycles. The van der Waals surface area contributed by atoms with Crippen molar-refractivity contribution in [3.05, 3.63) is 0 Å². The first kappa shape index (κ1) is 21.9. The summed E-state index contributed by atoms with van der Waals surface area (Å²) >= 11 is 0. The molecule has 2 saturated heterocycles. The number of rotatable bonds is 8. The molecular weight excluding hydrogens is 423 g/mol. The van der Waals surface area contributed by atoms with E-state index in [1.807, 2.05) is 0 Å². The minimum Gasteiger partial charge on any atom is -0.379 e. The van der Waals surface area contributed by atoms with E-state index >= 15 is 0 Å². The van der Waals surface area contributed by atoms with E-state index in [0.29, 0.717) is 6.54 Å². The van der Waals surface area contributed by atoms with Crippen LogP contribution in [-0.2, 0) is 14.2 Å². The summed E-state index contributed by atoms with van der Waals surface area (Å²) in [5, 5.41) is 6.63. The van der Waals surface area contributed by atoms with Crippen molar-refractivity contribution in [1.82, 2.24) is 15.5 Å². The number of morpholine rings is 1. The van der Waals surface area contributed by atoms with Gasteiger partial charge in [-0.2, -0.15) is 0 Å². The molecular formula is C16H33IN4O3. The number of ether oxygens (including phenoxy) is 3. The van der Waals surface area contributed by atoms with Gasteiger partial charge in [0.15, 0.2) is 5.96 Å². The third kappa shape index (κ3) is 8.80. The second kappa shape index (κ2) is 13.1. The number of aliphatic imine (C=N–C) groups is 1. The summed E-state index contributed by atoms with van der Waals surface area (Å²) in [6.45, 7) is 9.55. The Kier molecular flexibility index (Phi) is 11.9. The lowest BCUT2D eigenvalue weighted by molar-refractivity contribution is -0.0136. The molecule has 0 spiro atoms. The van der Waals surface area contributed by atoms with Crippen molar-refractivity contribution >= 4 is 29.9 Å². The van der Waals surface area contributed by atoms with Crippen LogP contribution in [0, 0.1) is 0 Å². The standard InChI is InChI=1S/C16H32N4O3.HI/c1-3-17-16(19-11-15-12-20(2)7-10-23-15)18-6-4-8-22-14-5-9-21-13-14;/h14-15H,3-13H2,1-2H3,(H2,17,18,19);1H. The molecule has 2 heterocycles. The van der Waals surface area contributed by atoms with Crippen LogP contribution in [0.3, 0.4) is 0 Å². The molecule has 0 aromatic heterocycles. The van der Waals surface area contributed by atoms with Gasteiger partial charge in [0.1, 0.15) is 0 Å². The number of nitrogens with zero attached hydrogens (tertiary/aromatic N) is 2. The Morgan fingerprint density at radius 1 is 1.33 bits per heavy atom. The summed E-state index contributed by atoms with van der Waals surface area (Å²) in [7, 11) is 2.12. The fourth-order valence-corrected chi connectivity index (χ4v) is 2.69. The number of nitrogens with one attached hydrogen (secondary N) is 2. The van der Waals surface area contributed by atoms with Crippen molar-refractivity contribution in [1.29, 1.82) is 0 Å². The molecule has 2 unspecified atom stereocenters. The van der Waals surface area contributed by atoms with Gasteiger partial charge in [0.05, 0.1) is 32.0 Å². The third-order valence-electron chi connectivity index (χ3n) is 3.99. The van der Waals surface area contributed by atoms with Crippen molar-refractivity contribution < 1.29 is 14.2 Å². The first-order valence-corrected chi connectivity index (χ1v) is 8.79. The SMILES string of the molecule is CCNC(=NCC1CN(C)CCO1)NCCCOC1CCOC1.I. The van der Waals surface area contributed by atoms with Crippen molar-refractivity contribution in [2.24, 2.45) is 4.99 Å². The molecule has 24 heavy (non-hydrogen) atoms. The van der Waals surface area contributed by atoms with Crippen molar-refractivity contribution in [3.63, 3.8) is 0 Å². The summed E-state index contributed by atoms with van der Waals surface area (Å²) in [6.07, 6.45) is 2.46. The van der Waals surface area contributed by atoms with Crippen molar-refractivity contribution in [3.8, 4) is 0 Å². The van der Waals surface area contributed by atoms with Gasteiger partial charge in [-0.1, -0.05) is 0 Å². The van der Waals surface area contributed by atoms with Gasteiger partial charge in [0, 0.05) is 39.4 Å². The van der Waals surface area contributed by atoms with E-state index in [4.69, 9.17) is 14.2 Å². The van der Waals surface area contributed by atoms with Crippen LogP contribution in [0.25, 0.3) is 0 Å². The fraction of sp³-hybridized carbons (Fsp3) is 0.938. The highest BCUT2D eigenvalue weighted by Gasteiger charge is 2.17. The highest BCUT2D eigenvalue weighted by Crippen LogP contribution is 2.08. The predicted octanol–water partition coefficient (Wildman–Crippen LogP) is 0.686. The summed E-state index contributed by atoms with van der Waals surface area (Å²) in [6, 6.07) is 0. The van der Waals surface area contributed by atoms with E-state index < -0.39 is 0 Å². The van der Waals surface area contributed by atoms with Crippen LogP contribution in [0.2, 0.25) is 0 Å². The zero-order chi connectivity index (χ0) is 16.3. The van der Waals surface area contributed by atoms with Crippen LogP contribution in [-0.4, -0.2) is 89.3 Å². The highest BCUT2D eigenvalue weighted by molar-refractivity contribution is 14.0. The van der Waals surface area contributed by atoms with Crippen LogP contribution < -0.4 is 10.6 Å². The van der Waals surface area contributed by atoms with E-state index in [1.54, 1.807) is 0 Å². The predicted molar refractivity (Wildman–Crippen MR) is 106 cm³/mol. The van der Waals surface area contributed by atoms with Gasteiger partial charge in [-0.25, -0.2) is 0 Å². The van der Waals surface area contributed by atoms with Crippen LogP contribution in [0.5, 0.6) is 0 Å². The minimum atomic E-state index is 0. The molecule has 0 aliphatic carbocycles. The summed E-state index contributed by atoms with van der Waals surface area (Å²) < 4.78 is 16.8. The quantitative estimate of drug-likeness (QED) is 0.243. The maximum atomic E-state index is 5.76. The average molecular weight is 456 g/mol. The summed E-state index contributed by atoms with van der Waals surface area (Å²) in [5.41, 5.74) is 0. The van der Waals surface area contributed by atoms with Crippen LogP contribution in [0.15, 0.2) is 4.99 Å². The average Bonchev–Trinajstić information content (AvgIpc) is 3.05. The molecule has 142 valence electrons. The van der Waals surface area contributed by atoms with E-state index in [1.165, 1.54) is 0 Å². The monoisotopic (exact) mass is 456 g/mol. The van der Waals surface area contributed by atoms with Gasteiger partial charge in [0.25, 0.3) is 0 Å². The molecule has 0 bridgehead atoms. The molecule has 0 saturated carbocycles. The molecule has 2 rings (SSSR count). The van der Waals surface area contributed by atoms with Crippen molar-refractivity contribution in [2.75, 3.05) is 66.2 Å². The highest BCUT2D eigenvalue weighted by atomic mass is 127. The first-order valence-electron chi connectivity index (χ1n) is 8.79. The Balaban J connectivity index is 0.00000288. The second-order valence-corrected chi connectivity index (χ2v) is 6.11. The molecule has 7 nitrogen and oxygen atoms in total. The smallest absolute Gasteiger partial charge is 0.191 e. The number of hydrogen-bond donors (Lipinski definition) is 2. The van der Waals surface area contributed by atoms with E-state index in [-0.39, 0.29) is 36.2 Å². The van der Waals surface area contributed by atoms with E-state index in [0.717, 1.165) is 71.4 Å². The van der Waals surface area contributed by atoms with Crippen LogP contribution >= 0.6 is 24.0 Å². The molecule has 0 amide bonds. The Morgan fingerprint density at radius 2 is 2.21 bits per heavy atom. The van der Waals surface area contributed by atoms with E-state index in [2.05, 4.69) is 34.5 Å². The zero-order valence-corrected chi connectivity index (χ0v) is 17.3. The maximum Gasteiger partial charge on any atom is 0.191 e. The normalized spacial score (nSPS) is 25.3. The summed E-state index contributed by atoms with van der Waals surface area (Å²) in [5.74, 6) is 0.855. The lowest BCUT2D eigenvalue weighted by atomic mass is 10.3. The number of halogens is 1. The van der Waals surface area contributed by atoms with Gasteiger partial charge in [-0.05, 0) is 26.8 Å². The van der Waals surface area contributed by atoms with Gasteiger partial charge in [-0.3, -0.25) is 4.99 Å². The molecule has 0 aromatic rings. The van der Waals surface area contributed by atoms with Crippen LogP contribution in [0.1, 0.15) is 19.8 Å². The Morgan fingerprint density at radius 3 is 2.92 bits per heavy atom. The molecule has 0 aromatic carbocycles. The van der Waals surface area contributed by atoms with Gasteiger partial charge in [0.2, 0.25) is 0 Å². The number of likely N-dealkylation sites (N-methyl/N-ethyl adjacent to an activating group) is 1. The Hall–Kier alpha value is -0.160. The molecule has 0 radical (unpaired) electrons. The van der Waals surface area contributed by atoms with Crippen LogP contribution in [0.4, 0.5) is 0 Å². The molecule has 2 N–H and O–H groups in total. The summed E-state index contributed by atoms with van der Waals surface area (Å²) in [4.78, 5) is 6.91. The lowest BCUT2D eigenvalue weighted by Gasteiger charge is -2.29. The van der Waals surface area contributed by atoms with Gasteiger partial charge < -0.3 is 29.7 Å². The van der Waals surface area contributed by atoms with Gasteiger partial charge in [-0.15, -0.1) is 24.0 Å². The third-order valence-corrected chi connectivity index (χ3v) is 3.99. The van der Waals surface area contributed by atoms with Crippen molar-refractivity contribution in [2.45, 2.75) is 32.0 Å². The zero-order valence-electron chi connectivity index (χ0n) is 15.0. The number of hydrogen-bond acceptors (Lipinski definition) is 5. The molecule has 2 fully saturated rings. The molecule has 2 aliphatic rings. The lowest BCUT2D eigenvalue weighted by Crippen LogP contribution is -2.43. The molecule has 2 atom stereocenters. The fourth-order valence-electron chi connectivity index (χ4n) is 2.69. The topological polar surface area (TPSA) is 67.4 Å². The van der Waals surface area contributed by atoms with E-state index in [9.17, 15) is 0 Å². The Bertz CT molecular complexity index is 354. The largest absolute Gasteiger partial charge is 0.379 e. The first-order chi connectivity index (χ1) is 11.3. The maximum absolute atomic E-state index is 5.76.